The molecule has 0 aromatic heterocycles. The molecule has 3 rings (SSSR count). The highest BCUT2D eigenvalue weighted by molar-refractivity contribution is 6.34. The van der Waals surface area contributed by atoms with E-state index >= 15 is 0 Å². The fraction of sp³-hybridized carbons (Fsp3) is 0.278. The molecule has 1 heterocycles. The van der Waals surface area contributed by atoms with Crippen LogP contribution in [0.1, 0.15) is 18.1 Å². The molecule has 24 heavy (non-hydrogen) atoms. The van der Waals surface area contributed by atoms with Crippen molar-refractivity contribution in [2.75, 3.05) is 13.2 Å². The topological polar surface area (TPSA) is 44.8 Å². The van der Waals surface area contributed by atoms with Crippen LogP contribution < -0.4 is 9.47 Å². The lowest BCUT2D eigenvalue weighted by Crippen LogP contribution is -2.07. The van der Waals surface area contributed by atoms with Gasteiger partial charge in [0, 0.05) is 22.0 Å². The summed E-state index contributed by atoms with van der Waals surface area (Å²) < 4.78 is 16.6. The van der Waals surface area contributed by atoms with Crippen LogP contribution in [0.4, 0.5) is 0 Å². The molecule has 2 aromatic carbocycles. The average Bonchev–Trinajstić information content (AvgIpc) is 2.95. The smallest absolute Gasteiger partial charge is 0.310 e. The van der Waals surface area contributed by atoms with Gasteiger partial charge in [-0.15, -0.1) is 0 Å². The second kappa shape index (κ2) is 7.32. The van der Waals surface area contributed by atoms with Gasteiger partial charge in [0.25, 0.3) is 0 Å². The molecule has 0 atom stereocenters. The summed E-state index contributed by atoms with van der Waals surface area (Å²) in [6.07, 6.45) is 0.965. The summed E-state index contributed by atoms with van der Waals surface area (Å²) in [5, 5.41) is 0.968. The molecule has 0 fully saturated rings. The predicted molar refractivity (Wildman–Crippen MR) is 92.5 cm³/mol. The normalized spacial score (nSPS) is 12.5. The molecule has 0 aliphatic carbocycles. The third-order valence-electron chi connectivity index (χ3n) is 3.53. The molecular weight excluding hydrogens is 351 g/mol. The lowest BCUT2D eigenvalue weighted by Gasteiger charge is -2.13. The number of benzene rings is 2. The van der Waals surface area contributed by atoms with Gasteiger partial charge in [-0.25, -0.2) is 0 Å². The monoisotopic (exact) mass is 366 g/mol. The van der Waals surface area contributed by atoms with Gasteiger partial charge in [-0.1, -0.05) is 29.3 Å². The summed E-state index contributed by atoms with van der Waals surface area (Å²) in [5.74, 6) is 1.48. The van der Waals surface area contributed by atoms with Gasteiger partial charge >= 0.3 is 5.97 Å². The number of rotatable bonds is 5. The zero-order chi connectivity index (χ0) is 17.1. The zero-order valence-corrected chi connectivity index (χ0v) is 14.6. The Morgan fingerprint density at radius 3 is 2.62 bits per heavy atom. The van der Waals surface area contributed by atoms with E-state index in [9.17, 15) is 4.79 Å². The Morgan fingerprint density at radius 1 is 1.17 bits per heavy atom. The van der Waals surface area contributed by atoms with E-state index in [4.69, 9.17) is 37.4 Å². The van der Waals surface area contributed by atoms with Crippen LogP contribution >= 0.6 is 23.2 Å². The standard InChI is InChI=1S/C18H16Cl2O4/c1-2-22-17(21)7-11-5-12-3-4-23-18(12)16(6-11)24-15-9-13(19)8-14(20)10-15/h5-6,8-10H,2-4,7H2,1H3. The molecule has 4 nitrogen and oxygen atoms in total. The van der Waals surface area contributed by atoms with Gasteiger partial charge in [-0.3, -0.25) is 4.79 Å². The summed E-state index contributed by atoms with van der Waals surface area (Å²) in [4.78, 5) is 11.7. The number of ether oxygens (including phenoxy) is 3. The first-order chi connectivity index (χ1) is 11.5. The molecule has 0 spiro atoms. The summed E-state index contributed by atoms with van der Waals surface area (Å²) in [6.45, 7) is 2.73. The van der Waals surface area contributed by atoms with Crippen LogP contribution in [0.5, 0.6) is 17.2 Å². The molecule has 0 N–H and O–H groups in total. The van der Waals surface area contributed by atoms with Crippen molar-refractivity contribution in [1.29, 1.82) is 0 Å². The summed E-state index contributed by atoms with van der Waals surface area (Å²) >= 11 is 12.0. The first-order valence-electron chi connectivity index (χ1n) is 7.63. The number of fused-ring (bicyclic) bond motifs is 1. The third-order valence-corrected chi connectivity index (χ3v) is 3.96. The molecule has 126 valence electrons. The Hall–Kier alpha value is -1.91. The minimum Gasteiger partial charge on any atom is -0.489 e. The maximum absolute atomic E-state index is 11.7. The number of hydrogen-bond donors (Lipinski definition) is 0. The molecule has 1 aliphatic heterocycles. The zero-order valence-electron chi connectivity index (χ0n) is 13.1. The van der Waals surface area contributed by atoms with Gasteiger partial charge in [0.05, 0.1) is 19.6 Å². The minimum absolute atomic E-state index is 0.188. The number of carbonyl (C=O) groups excluding carboxylic acids is 1. The first-order valence-corrected chi connectivity index (χ1v) is 8.39. The van der Waals surface area contributed by atoms with Crippen LogP contribution in [-0.2, 0) is 22.4 Å². The van der Waals surface area contributed by atoms with Crippen LogP contribution in [0.2, 0.25) is 10.0 Å². The largest absolute Gasteiger partial charge is 0.489 e. The molecule has 1 aliphatic rings. The number of halogens is 2. The molecule has 0 bridgehead atoms. The van der Waals surface area contributed by atoms with Crippen molar-refractivity contribution in [2.24, 2.45) is 0 Å². The van der Waals surface area contributed by atoms with Crippen LogP contribution in [0, 0.1) is 0 Å². The molecule has 0 saturated carbocycles. The quantitative estimate of drug-likeness (QED) is 0.711. The molecule has 6 heteroatoms. The highest BCUT2D eigenvalue weighted by Gasteiger charge is 2.21. The number of esters is 1. The van der Waals surface area contributed by atoms with E-state index in [1.165, 1.54) is 0 Å². The van der Waals surface area contributed by atoms with Crippen molar-refractivity contribution in [3.63, 3.8) is 0 Å². The molecular formula is C18H16Cl2O4. The lowest BCUT2D eigenvalue weighted by molar-refractivity contribution is -0.142. The lowest BCUT2D eigenvalue weighted by atomic mass is 10.1. The van der Waals surface area contributed by atoms with E-state index < -0.39 is 0 Å². The van der Waals surface area contributed by atoms with E-state index in [1.54, 1.807) is 31.2 Å². The van der Waals surface area contributed by atoms with Crippen LogP contribution in [-0.4, -0.2) is 19.2 Å². The second-order valence-corrected chi connectivity index (χ2v) is 6.24. The fourth-order valence-corrected chi connectivity index (χ4v) is 3.11. The average molecular weight is 367 g/mol. The molecule has 2 aromatic rings. The summed E-state index contributed by atoms with van der Waals surface area (Å²) in [6, 6.07) is 8.72. The van der Waals surface area contributed by atoms with Crippen molar-refractivity contribution in [2.45, 2.75) is 19.8 Å². The highest BCUT2D eigenvalue weighted by atomic mass is 35.5. The second-order valence-electron chi connectivity index (χ2n) is 5.37. The van der Waals surface area contributed by atoms with E-state index in [0.29, 0.717) is 40.5 Å². The molecule has 0 saturated heterocycles. The highest BCUT2D eigenvalue weighted by Crippen LogP contribution is 2.40. The van der Waals surface area contributed by atoms with Crippen LogP contribution in [0.15, 0.2) is 30.3 Å². The van der Waals surface area contributed by atoms with E-state index in [2.05, 4.69) is 0 Å². The number of hydrogen-bond acceptors (Lipinski definition) is 4. The van der Waals surface area contributed by atoms with E-state index in [0.717, 1.165) is 17.5 Å². The van der Waals surface area contributed by atoms with Crippen LogP contribution in [0.3, 0.4) is 0 Å². The van der Waals surface area contributed by atoms with Crippen molar-refractivity contribution < 1.29 is 19.0 Å². The minimum atomic E-state index is -0.270. The van der Waals surface area contributed by atoms with Gasteiger partial charge in [0.1, 0.15) is 5.75 Å². The van der Waals surface area contributed by atoms with Gasteiger partial charge < -0.3 is 14.2 Å². The van der Waals surface area contributed by atoms with Gasteiger partial charge in [0.2, 0.25) is 0 Å². The van der Waals surface area contributed by atoms with E-state index in [1.807, 2.05) is 6.07 Å². The maximum atomic E-state index is 11.7. The van der Waals surface area contributed by atoms with E-state index in [-0.39, 0.29) is 12.4 Å². The van der Waals surface area contributed by atoms with Crippen molar-refractivity contribution in [1.82, 2.24) is 0 Å². The van der Waals surface area contributed by atoms with Crippen LogP contribution in [0.25, 0.3) is 0 Å². The maximum Gasteiger partial charge on any atom is 0.310 e. The number of carbonyl (C=O) groups is 1. The summed E-state index contributed by atoms with van der Waals surface area (Å²) in [5.41, 5.74) is 1.83. The van der Waals surface area contributed by atoms with Crippen molar-refractivity contribution in [3.05, 3.63) is 51.5 Å². The Balaban J connectivity index is 1.91. The first kappa shape index (κ1) is 16.9. The predicted octanol–water partition coefficient (Wildman–Crippen LogP) is 4.83. The Kier molecular flexibility index (Phi) is 5.17. The SMILES string of the molecule is CCOC(=O)Cc1cc2c(c(Oc3cc(Cl)cc(Cl)c3)c1)OCC2. The molecule has 0 unspecified atom stereocenters. The Bertz CT molecular complexity index is 754. The van der Waals surface area contributed by atoms with Crippen molar-refractivity contribution >= 4 is 29.2 Å². The molecule has 0 amide bonds. The third kappa shape index (κ3) is 3.94. The van der Waals surface area contributed by atoms with Crippen molar-refractivity contribution in [3.8, 4) is 17.2 Å². The van der Waals surface area contributed by atoms with Gasteiger partial charge in [0.15, 0.2) is 11.5 Å². The van der Waals surface area contributed by atoms with Gasteiger partial charge in [-0.05, 0) is 36.8 Å². The molecule has 0 radical (unpaired) electrons. The fourth-order valence-electron chi connectivity index (χ4n) is 2.61. The Morgan fingerprint density at radius 2 is 1.92 bits per heavy atom. The summed E-state index contributed by atoms with van der Waals surface area (Å²) in [7, 11) is 0. The Labute approximate surface area is 150 Å². The van der Waals surface area contributed by atoms with Gasteiger partial charge in [-0.2, -0.15) is 0 Å².